The quantitative estimate of drug-likeness (QED) is 0.639. The van der Waals surface area contributed by atoms with E-state index >= 15 is 0 Å². The van der Waals surface area contributed by atoms with Crippen LogP contribution in [0, 0.1) is 11.7 Å². The van der Waals surface area contributed by atoms with Gasteiger partial charge in [-0.25, -0.2) is 14.4 Å². The lowest BCUT2D eigenvalue weighted by Crippen LogP contribution is -2.44. The number of piperazine rings is 1. The summed E-state index contributed by atoms with van der Waals surface area (Å²) in [7, 11) is 0. The van der Waals surface area contributed by atoms with Gasteiger partial charge >= 0.3 is 0 Å². The number of hydrogen-bond acceptors (Lipinski definition) is 6. The van der Waals surface area contributed by atoms with Gasteiger partial charge in [0.15, 0.2) is 0 Å². The van der Waals surface area contributed by atoms with Gasteiger partial charge in [-0.15, -0.1) is 0 Å². The lowest BCUT2D eigenvalue weighted by molar-refractivity contribution is 0.546. The number of nitrogens with zero attached hydrogens (tertiary/aromatic N) is 3. The Balaban J connectivity index is 0.000000627. The Bertz CT molecular complexity index is 685. The zero-order valence-corrected chi connectivity index (χ0v) is 19.4. The minimum atomic E-state index is -0.598. The van der Waals surface area contributed by atoms with Crippen molar-refractivity contribution in [3.63, 3.8) is 0 Å². The monoisotopic (exact) mass is 421 g/mol. The highest BCUT2D eigenvalue weighted by Crippen LogP contribution is 2.29. The predicted molar refractivity (Wildman–Crippen MR) is 124 cm³/mol. The molecule has 1 fully saturated rings. The van der Waals surface area contributed by atoms with E-state index in [4.69, 9.17) is 0 Å². The molecule has 0 aliphatic carbocycles. The number of hydrogen-bond donors (Lipinski definition) is 3. The lowest BCUT2D eigenvalue weighted by atomic mass is 9.87. The van der Waals surface area contributed by atoms with Crippen molar-refractivity contribution in [3.05, 3.63) is 53.6 Å². The molecule has 0 saturated carbocycles. The van der Waals surface area contributed by atoms with Gasteiger partial charge in [-0.1, -0.05) is 59.6 Å². The van der Waals surface area contributed by atoms with Crippen molar-refractivity contribution in [2.75, 3.05) is 31.1 Å². The van der Waals surface area contributed by atoms with Crippen LogP contribution in [0.3, 0.4) is 0 Å². The van der Waals surface area contributed by atoms with Crippen molar-refractivity contribution in [3.8, 4) is 0 Å². The van der Waals surface area contributed by atoms with Gasteiger partial charge < -0.3 is 10.2 Å². The first-order chi connectivity index (χ1) is 13.9. The second-order valence-corrected chi connectivity index (χ2v) is 7.71. The molecule has 2 heterocycles. The average Bonchev–Trinajstić information content (AvgIpc) is 2.75. The minimum absolute atomic E-state index is 0.263. The number of rotatable bonds is 4. The molecule has 1 unspecified atom stereocenters. The number of thiol groups is 1. The van der Waals surface area contributed by atoms with Crippen molar-refractivity contribution >= 4 is 18.8 Å². The largest absolute Gasteiger partial charge is 0.338 e. The zero-order chi connectivity index (χ0) is 21.9. The molecule has 5 nitrogen and oxygen atoms in total. The first-order valence-electron chi connectivity index (χ1n) is 10.3. The summed E-state index contributed by atoms with van der Waals surface area (Å²) in [6.07, 6.45) is 3.61. The van der Waals surface area contributed by atoms with E-state index < -0.39 is 5.54 Å². The van der Waals surface area contributed by atoms with Gasteiger partial charge in [0, 0.05) is 44.1 Å². The molecular formula is C22H36FN5S. The summed E-state index contributed by atoms with van der Waals surface area (Å²) in [5, 5.41) is 3.31. The summed E-state index contributed by atoms with van der Waals surface area (Å²) in [5.74, 6) is 1.30. The third kappa shape index (κ3) is 7.57. The SMILES string of the molecule is CC.CC(C)C.CC(NS)(c1ccc(F)cc1)c1cnc(N2CCNCC2)nc1. The molecule has 7 heteroatoms. The topological polar surface area (TPSA) is 53.1 Å². The highest BCUT2D eigenvalue weighted by Gasteiger charge is 2.28. The maximum atomic E-state index is 13.2. The standard InChI is InChI=1S/C16H20FN5S.C4H10.C2H6/c1-16(21-23,12-2-4-14(17)5-3-12)13-10-19-15(20-11-13)22-8-6-18-7-9-22;1-4(2)3;1-2/h2-5,10-11,18,21,23H,6-9H2,1H3;4H,1-3H3;1-2H3. The van der Waals surface area contributed by atoms with Crippen molar-refractivity contribution in [1.82, 2.24) is 20.0 Å². The Morgan fingerprint density at radius 2 is 1.52 bits per heavy atom. The first kappa shape index (κ1) is 25.3. The van der Waals surface area contributed by atoms with Crippen LogP contribution in [0.15, 0.2) is 36.7 Å². The van der Waals surface area contributed by atoms with E-state index in [1.165, 1.54) is 12.1 Å². The van der Waals surface area contributed by atoms with Crippen LogP contribution in [0.1, 0.15) is 52.7 Å². The molecule has 1 saturated heterocycles. The first-order valence-corrected chi connectivity index (χ1v) is 10.8. The van der Waals surface area contributed by atoms with Gasteiger partial charge in [0.2, 0.25) is 5.95 Å². The average molecular weight is 422 g/mol. The van der Waals surface area contributed by atoms with E-state index in [0.29, 0.717) is 0 Å². The summed E-state index contributed by atoms with van der Waals surface area (Å²) in [6.45, 7) is 16.2. The van der Waals surface area contributed by atoms with Gasteiger partial charge in [0.1, 0.15) is 5.82 Å². The second-order valence-electron chi connectivity index (χ2n) is 7.48. The summed E-state index contributed by atoms with van der Waals surface area (Å²) in [5.41, 5.74) is 1.17. The van der Waals surface area contributed by atoms with E-state index in [9.17, 15) is 4.39 Å². The molecular weight excluding hydrogens is 385 g/mol. The molecule has 1 aromatic carbocycles. The van der Waals surface area contributed by atoms with Crippen molar-refractivity contribution < 1.29 is 4.39 Å². The van der Waals surface area contributed by atoms with Crippen molar-refractivity contribution in [1.29, 1.82) is 0 Å². The third-order valence-corrected chi connectivity index (χ3v) is 4.71. The molecule has 0 radical (unpaired) electrons. The normalized spacial score (nSPS) is 15.6. The number of aromatic nitrogens is 2. The van der Waals surface area contributed by atoms with Crippen LogP contribution in [-0.4, -0.2) is 36.1 Å². The summed E-state index contributed by atoms with van der Waals surface area (Å²) in [4.78, 5) is 11.2. The zero-order valence-electron chi connectivity index (χ0n) is 18.5. The van der Waals surface area contributed by atoms with Crippen LogP contribution in [0.25, 0.3) is 0 Å². The fourth-order valence-corrected chi connectivity index (χ4v) is 2.94. The fraction of sp³-hybridized carbons (Fsp3) is 0.545. The third-order valence-electron chi connectivity index (χ3n) is 4.26. The molecule has 29 heavy (non-hydrogen) atoms. The molecule has 2 aromatic rings. The maximum Gasteiger partial charge on any atom is 0.225 e. The van der Waals surface area contributed by atoms with Gasteiger partial charge in [-0.2, -0.15) is 0 Å². The molecule has 1 atom stereocenters. The fourth-order valence-electron chi connectivity index (χ4n) is 2.69. The predicted octanol–water partition coefficient (Wildman–Crippen LogP) is 4.41. The van der Waals surface area contributed by atoms with Gasteiger partial charge in [-0.3, -0.25) is 4.72 Å². The molecule has 3 rings (SSSR count). The van der Waals surface area contributed by atoms with E-state index in [2.05, 4.69) is 58.5 Å². The molecule has 1 aliphatic heterocycles. The minimum Gasteiger partial charge on any atom is -0.338 e. The van der Waals surface area contributed by atoms with Gasteiger partial charge in [0.05, 0.1) is 5.54 Å². The van der Waals surface area contributed by atoms with Crippen LogP contribution < -0.4 is 14.9 Å². The Kier molecular flexibility index (Phi) is 11.2. The molecule has 162 valence electrons. The Hall–Kier alpha value is -1.70. The summed E-state index contributed by atoms with van der Waals surface area (Å²) >= 11 is 4.26. The molecule has 0 spiro atoms. The number of anilines is 1. The van der Waals surface area contributed by atoms with E-state index in [-0.39, 0.29) is 5.82 Å². The highest BCUT2D eigenvalue weighted by molar-refractivity contribution is 7.78. The number of benzene rings is 1. The van der Waals surface area contributed by atoms with Crippen molar-refractivity contribution in [2.24, 2.45) is 5.92 Å². The smallest absolute Gasteiger partial charge is 0.225 e. The number of nitrogens with one attached hydrogen (secondary N) is 2. The second kappa shape index (κ2) is 12.8. The van der Waals surface area contributed by atoms with Gasteiger partial charge in [-0.05, 0) is 30.5 Å². The van der Waals surface area contributed by atoms with Gasteiger partial charge in [0.25, 0.3) is 0 Å². The van der Waals surface area contributed by atoms with E-state index in [1.807, 2.05) is 20.8 Å². The van der Waals surface area contributed by atoms with Crippen LogP contribution in [0.4, 0.5) is 10.3 Å². The van der Waals surface area contributed by atoms with Crippen LogP contribution >= 0.6 is 12.8 Å². The summed E-state index contributed by atoms with van der Waals surface area (Å²) < 4.78 is 16.2. The summed E-state index contributed by atoms with van der Waals surface area (Å²) in [6, 6.07) is 6.36. The number of halogens is 1. The Morgan fingerprint density at radius 1 is 1.03 bits per heavy atom. The highest BCUT2D eigenvalue weighted by atomic mass is 32.1. The van der Waals surface area contributed by atoms with E-state index in [0.717, 1.165) is 49.2 Å². The van der Waals surface area contributed by atoms with Crippen molar-refractivity contribution in [2.45, 2.75) is 47.1 Å². The molecule has 0 amide bonds. The van der Waals surface area contributed by atoms with Crippen LogP contribution in [-0.2, 0) is 5.54 Å². The maximum absolute atomic E-state index is 13.2. The van der Waals surface area contributed by atoms with Crippen LogP contribution in [0.2, 0.25) is 0 Å². The lowest BCUT2D eigenvalue weighted by Gasteiger charge is -2.30. The Morgan fingerprint density at radius 3 is 1.97 bits per heavy atom. The molecule has 0 bridgehead atoms. The molecule has 2 N–H and O–H groups in total. The molecule has 1 aliphatic rings. The van der Waals surface area contributed by atoms with E-state index in [1.54, 1.807) is 24.5 Å². The molecule has 1 aromatic heterocycles. The van der Waals surface area contributed by atoms with Crippen LogP contribution in [0.5, 0.6) is 0 Å². The Labute approximate surface area is 181 Å².